The van der Waals surface area contributed by atoms with Gasteiger partial charge in [-0.05, 0) is 45.4 Å². The Labute approximate surface area is 102 Å². The summed E-state index contributed by atoms with van der Waals surface area (Å²) >= 11 is 0. The Morgan fingerprint density at radius 1 is 1.24 bits per heavy atom. The van der Waals surface area contributed by atoms with Crippen molar-refractivity contribution in [3.8, 4) is 0 Å². The topological polar surface area (TPSA) is 29.4 Å². The van der Waals surface area contributed by atoms with E-state index in [-0.39, 0.29) is 0 Å². The predicted octanol–water partition coefficient (Wildman–Crippen LogP) is 3.24. The first-order chi connectivity index (χ1) is 7.71. The minimum absolute atomic E-state index is 0.428. The highest BCUT2D eigenvalue weighted by molar-refractivity contribution is 7.85. The van der Waals surface area contributed by atoms with Crippen molar-refractivity contribution in [3.63, 3.8) is 0 Å². The third-order valence-corrected chi connectivity index (χ3v) is 3.57. The average molecular weight is 259 g/mol. The molecule has 0 N–H and O–H groups in total. The van der Waals surface area contributed by atoms with Crippen LogP contribution in [0.4, 0.5) is 8.78 Å². The van der Waals surface area contributed by atoms with Crippen molar-refractivity contribution in [1.29, 1.82) is 0 Å². The van der Waals surface area contributed by atoms with Crippen LogP contribution in [0.1, 0.15) is 33.3 Å². The lowest BCUT2D eigenvalue weighted by Gasteiger charge is -2.14. The lowest BCUT2D eigenvalue weighted by atomic mass is 10.1. The van der Waals surface area contributed by atoms with E-state index >= 15 is 0 Å². The molecule has 0 saturated heterocycles. The number of hydrogen-bond acceptors (Lipinski definition) is 1. The first-order valence-electron chi connectivity index (χ1n) is 5.14. The zero-order valence-corrected chi connectivity index (χ0v) is 11.1. The van der Waals surface area contributed by atoms with Crippen molar-refractivity contribution in [2.24, 2.45) is 4.40 Å². The molecule has 0 saturated carbocycles. The third-order valence-electron chi connectivity index (χ3n) is 2.08. The molecular formula is C12H15F2NOS. The molecule has 0 fully saturated rings. The fourth-order valence-corrected chi connectivity index (χ4v) is 1.66. The molecule has 1 rings (SSSR count). The summed E-state index contributed by atoms with van der Waals surface area (Å²) in [5, 5.41) is 0. The van der Waals surface area contributed by atoms with Gasteiger partial charge in [-0.1, -0.05) is 6.07 Å². The van der Waals surface area contributed by atoms with E-state index in [0.29, 0.717) is 11.3 Å². The summed E-state index contributed by atoms with van der Waals surface area (Å²) in [6, 6.07) is 3.49. The number of benzene rings is 1. The highest BCUT2D eigenvalue weighted by Crippen LogP contribution is 2.15. The number of hydrogen-bond donors (Lipinski definition) is 0. The van der Waals surface area contributed by atoms with Crippen LogP contribution in [0.15, 0.2) is 22.6 Å². The fourth-order valence-electron chi connectivity index (χ4n) is 1.04. The molecule has 0 radical (unpaired) electrons. The van der Waals surface area contributed by atoms with Gasteiger partial charge in [0.1, 0.15) is 11.0 Å². The van der Waals surface area contributed by atoms with Gasteiger partial charge in [-0.25, -0.2) is 13.0 Å². The van der Waals surface area contributed by atoms with Crippen molar-refractivity contribution >= 4 is 16.7 Å². The van der Waals surface area contributed by atoms with Crippen molar-refractivity contribution in [2.75, 3.05) is 0 Å². The van der Waals surface area contributed by atoms with Crippen molar-refractivity contribution in [1.82, 2.24) is 0 Å². The molecule has 0 spiro atoms. The summed E-state index contributed by atoms with van der Waals surface area (Å²) in [5.41, 5.74) is 0.860. The van der Waals surface area contributed by atoms with Crippen LogP contribution < -0.4 is 0 Å². The second-order valence-corrected chi connectivity index (χ2v) is 6.57. The standard InChI is InChI=1S/C12H15F2NOS/c1-8(15-17(16)12(2,3)4)9-5-6-10(13)11(14)7-9/h5-7H,1-4H3/b15-8+/t17-/m0/s1. The molecule has 0 aliphatic rings. The van der Waals surface area contributed by atoms with Gasteiger partial charge >= 0.3 is 0 Å². The average Bonchev–Trinajstić information content (AvgIpc) is 2.20. The van der Waals surface area contributed by atoms with E-state index < -0.39 is 27.4 Å². The maximum atomic E-state index is 13.0. The molecule has 5 heteroatoms. The molecule has 1 atom stereocenters. The summed E-state index contributed by atoms with van der Waals surface area (Å²) in [6.45, 7) is 7.01. The molecule has 1 aromatic carbocycles. The molecule has 0 aromatic heterocycles. The highest BCUT2D eigenvalue weighted by atomic mass is 32.2. The summed E-state index contributed by atoms with van der Waals surface area (Å²) in [4.78, 5) is 0. The van der Waals surface area contributed by atoms with E-state index in [2.05, 4.69) is 4.40 Å². The van der Waals surface area contributed by atoms with Crippen LogP contribution in [0.25, 0.3) is 0 Å². The SMILES string of the molecule is C/C(=N\[S@@](=O)C(C)(C)C)c1ccc(F)c(F)c1. The molecule has 0 bridgehead atoms. The fraction of sp³-hybridized carbons (Fsp3) is 0.417. The van der Waals surface area contributed by atoms with Crippen LogP contribution in [-0.2, 0) is 11.0 Å². The Morgan fingerprint density at radius 2 is 1.82 bits per heavy atom. The molecule has 0 aliphatic carbocycles. The number of halogens is 2. The maximum absolute atomic E-state index is 13.0. The molecular weight excluding hydrogens is 244 g/mol. The van der Waals surface area contributed by atoms with Crippen molar-refractivity contribution in [3.05, 3.63) is 35.4 Å². The molecule has 1 aromatic rings. The van der Waals surface area contributed by atoms with E-state index in [1.165, 1.54) is 6.07 Å². The quantitative estimate of drug-likeness (QED) is 0.750. The van der Waals surface area contributed by atoms with Crippen LogP contribution >= 0.6 is 0 Å². The lowest BCUT2D eigenvalue weighted by Crippen LogP contribution is -2.20. The maximum Gasteiger partial charge on any atom is 0.159 e. The zero-order valence-electron chi connectivity index (χ0n) is 10.3. The number of nitrogens with zero attached hydrogens (tertiary/aromatic N) is 1. The summed E-state index contributed by atoms with van der Waals surface area (Å²) in [6.07, 6.45) is 0. The van der Waals surface area contributed by atoms with Gasteiger partial charge in [-0.3, -0.25) is 0 Å². The van der Waals surface area contributed by atoms with Gasteiger partial charge in [0.2, 0.25) is 0 Å². The predicted molar refractivity (Wildman–Crippen MR) is 66.5 cm³/mol. The molecule has 94 valence electrons. The highest BCUT2D eigenvalue weighted by Gasteiger charge is 2.19. The van der Waals surface area contributed by atoms with Gasteiger partial charge in [0, 0.05) is 0 Å². The zero-order chi connectivity index (χ0) is 13.2. The summed E-state index contributed by atoms with van der Waals surface area (Å²) < 4.78 is 41.0. The molecule has 0 aliphatic heterocycles. The molecule has 0 heterocycles. The Kier molecular flexibility index (Phi) is 4.14. The Balaban J connectivity index is 3.04. The summed E-state index contributed by atoms with van der Waals surface area (Å²) in [5.74, 6) is -1.84. The van der Waals surface area contributed by atoms with E-state index in [1.807, 2.05) is 0 Å². The van der Waals surface area contributed by atoms with Crippen molar-refractivity contribution in [2.45, 2.75) is 32.4 Å². The van der Waals surface area contributed by atoms with Gasteiger partial charge in [0.05, 0.1) is 10.5 Å². The molecule has 0 amide bonds. The first-order valence-corrected chi connectivity index (χ1v) is 6.25. The minimum atomic E-state index is -1.41. The van der Waals surface area contributed by atoms with Crippen LogP contribution in [0.5, 0.6) is 0 Å². The van der Waals surface area contributed by atoms with Crippen molar-refractivity contribution < 1.29 is 13.0 Å². The molecule has 2 nitrogen and oxygen atoms in total. The first kappa shape index (κ1) is 14.0. The van der Waals surface area contributed by atoms with Gasteiger partial charge in [-0.2, -0.15) is 4.40 Å². The Morgan fingerprint density at radius 3 is 2.29 bits per heavy atom. The Bertz CT molecular complexity index is 478. The molecule has 17 heavy (non-hydrogen) atoms. The van der Waals surface area contributed by atoms with E-state index in [1.54, 1.807) is 27.7 Å². The van der Waals surface area contributed by atoms with Gasteiger partial charge in [0.25, 0.3) is 0 Å². The second kappa shape index (κ2) is 5.04. The van der Waals surface area contributed by atoms with Crippen LogP contribution in [0.2, 0.25) is 0 Å². The van der Waals surface area contributed by atoms with Crippen LogP contribution in [0.3, 0.4) is 0 Å². The summed E-state index contributed by atoms with van der Waals surface area (Å²) in [7, 11) is -1.41. The van der Waals surface area contributed by atoms with Gasteiger partial charge in [0.15, 0.2) is 11.6 Å². The van der Waals surface area contributed by atoms with E-state index in [0.717, 1.165) is 12.1 Å². The Hall–Kier alpha value is -1.10. The number of rotatable bonds is 2. The van der Waals surface area contributed by atoms with Gasteiger partial charge < -0.3 is 0 Å². The van der Waals surface area contributed by atoms with E-state index in [4.69, 9.17) is 0 Å². The van der Waals surface area contributed by atoms with Crippen LogP contribution in [-0.4, -0.2) is 14.7 Å². The second-order valence-electron chi connectivity index (χ2n) is 4.67. The minimum Gasteiger partial charge on any atom is -0.234 e. The monoisotopic (exact) mass is 259 g/mol. The lowest BCUT2D eigenvalue weighted by molar-refractivity contribution is 0.508. The van der Waals surface area contributed by atoms with Crippen LogP contribution in [0, 0.1) is 11.6 Å². The van der Waals surface area contributed by atoms with Gasteiger partial charge in [-0.15, -0.1) is 0 Å². The smallest absolute Gasteiger partial charge is 0.159 e. The molecule has 0 unspecified atom stereocenters. The largest absolute Gasteiger partial charge is 0.234 e. The van der Waals surface area contributed by atoms with E-state index in [9.17, 15) is 13.0 Å². The third kappa shape index (κ3) is 3.70. The normalized spacial score (nSPS) is 14.8.